The molecule has 26 heavy (non-hydrogen) atoms. The molecule has 2 aromatic rings. The van der Waals surface area contributed by atoms with Gasteiger partial charge in [-0.15, -0.1) is 0 Å². The molecule has 1 aliphatic heterocycles. The summed E-state index contributed by atoms with van der Waals surface area (Å²) in [5.41, 5.74) is 1.57. The molecular weight excluding hydrogens is 336 g/mol. The predicted molar refractivity (Wildman–Crippen MR) is 97.3 cm³/mol. The summed E-state index contributed by atoms with van der Waals surface area (Å²) in [6, 6.07) is 10.2. The van der Waals surface area contributed by atoms with Gasteiger partial charge in [-0.2, -0.15) is 0 Å². The van der Waals surface area contributed by atoms with Crippen molar-refractivity contribution in [1.82, 2.24) is 0 Å². The SMILES string of the molecule is CCC(=O)Nc1cccc(NC(=O)c2cc(OC)c3c(c2)OCCO3)c1. The Kier molecular flexibility index (Phi) is 5.26. The van der Waals surface area contributed by atoms with E-state index in [4.69, 9.17) is 14.2 Å². The van der Waals surface area contributed by atoms with Gasteiger partial charge in [0.1, 0.15) is 13.2 Å². The molecule has 136 valence electrons. The van der Waals surface area contributed by atoms with E-state index in [2.05, 4.69) is 10.6 Å². The Bertz CT molecular complexity index is 817. The van der Waals surface area contributed by atoms with E-state index in [1.54, 1.807) is 43.3 Å². The molecule has 2 amide bonds. The van der Waals surface area contributed by atoms with Gasteiger partial charge in [-0.3, -0.25) is 9.59 Å². The highest BCUT2D eigenvalue weighted by atomic mass is 16.6. The molecule has 3 rings (SSSR count). The van der Waals surface area contributed by atoms with Crippen LogP contribution >= 0.6 is 0 Å². The minimum Gasteiger partial charge on any atom is -0.493 e. The first-order valence-electron chi connectivity index (χ1n) is 8.29. The van der Waals surface area contributed by atoms with Crippen LogP contribution < -0.4 is 24.8 Å². The Morgan fingerprint density at radius 3 is 2.54 bits per heavy atom. The number of carbonyl (C=O) groups excluding carboxylic acids is 2. The lowest BCUT2D eigenvalue weighted by atomic mass is 10.1. The minimum atomic E-state index is -0.320. The van der Waals surface area contributed by atoms with Crippen molar-refractivity contribution in [2.75, 3.05) is 31.0 Å². The lowest BCUT2D eigenvalue weighted by molar-refractivity contribution is -0.115. The third-order valence-electron chi connectivity index (χ3n) is 3.82. The second kappa shape index (κ2) is 7.77. The molecule has 7 nitrogen and oxygen atoms in total. The van der Waals surface area contributed by atoms with Gasteiger partial charge in [-0.1, -0.05) is 13.0 Å². The van der Waals surface area contributed by atoms with Crippen molar-refractivity contribution in [1.29, 1.82) is 0 Å². The molecule has 2 N–H and O–H groups in total. The summed E-state index contributed by atoms with van der Waals surface area (Å²) >= 11 is 0. The highest BCUT2D eigenvalue weighted by molar-refractivity contribution is 6.05. The molecule has 0 spiro atoms. The van der Waals surface area contributed by atoms with Gasteiger partial charge in [0.15, 0.2) is 11.5 Å². The van der Waals surface area contributed by atoms with Crippen LogP contribution in [0.2, 0.25) is 0 Å². The van der Waals surface area contributed by atoms with Crippen LogP contribution in [-0.2, 0) is 4.79 Å². The highest BCUT2D eigenvalue weighted by Gasteiger charge is 2.21. The summed E-state index contributed by atoms with van der Waals surface area (Å²) in [4.78, 5) is 24.1. The first-order chi connectivity index (χ1) is 12.6. The number of amides is 2. The molecule has 0 saturated carbocycles. The van der Waals surface area contributed by atoms with Gasteiger partial charge < -0.3 is 24.8 Å². The number of carbonyl (C=O) groups is 2. The number of methoxy groups -OCH3 is 1. The average molecular weight is 356 g/mol. The average Bonchev–Trinajstić information content (AvgIpc) is 2.67. The minimum absolute atomic E-state index is 0.0925. The Balaban J connectivity index is 1.80. The van der Waals surface area contributed by atoms with E-state index in [-0.39, 0.29) is 11.8 Å². The molecule has 0 aromatic heterocycles. The van der Waals surface area contributed by atoms with Crippen molar-refractivity contribution in [2.45, 2.75) is 13.3 Å². The molecule has 0 unspecified atom stereocenters. The van der Waals surface area contributed by atoms with Crippen LogP contribution in [0.25, 0.3) is 0 Å². The molecule has 0 bridgehead atoms. The number of ether oxygens (including phenoxy) is 3. The summed E-state index contributed by atoms with van der Waals surface area (Å²) in [6.45, 7) is 2.63. The summed E-state index contributed by atoms with van der Waals surface area (Å²) in [7, 11) is 1.51. The van der Waals surface area contributed by atoms with Gasteiger partial charge in [0.05, 0.1) is 7.11 Å². The van der Waals surface area contributed by atoms with Crippen molar-refractivity contribution in [3.8, 4) is 17.2 Å². The zero-order chi connectivity index (χ0) is 18.5. The first kappa shape index (κ1) is 17.6. The molecule has 1 aliphatic rings. The zero-order valence-corrected chi connectivity index (χ0v) is 14.6. The number of anilines is 2. The second-order valence-corrected chi connectivity index (χ2v) is 5.64. The maximum Gasteiger partial charge on any atom is 0.255 e. The summed E-state index contributed by atoms with van der Waals surface area (Å²) in [5, 5.41) is 5.56. The monoisotopic (exact) mass is 356 g/mol. The van der Waals surface area contributed by atoms with Gasteiger partial charge in [0.25, 0.3) is 5.91 Å². The van der Waals surface area contributed by atoms with Crippen molar-refractivity contribution in [3.63, 3.8) is 0 Å². The maximum atomic E-state index is 12.6. The lowest BCUT2D eigenvalue weighted by Crippen LogP contribution is -2.18. The molecule has 0 atom stereocenters. The fourth-order valence-electron chi connectivity index (χ4n) is 2.53. The number of nitrogens with one attached hydrogen (secondary N) is 2. The second-order valence-electron chi connectivity index (χ2n) is 5.64. The van der Waals surface area contributed by atoms with E-state index >= 15 is 0 Å². The highest BCUT2D eigenvalue weighted by Crippen LogP contribution is 2.40. The normalized spacial score (nSPS) is 12.2. The first-order valence-corrected chi connectivity index (χ1v) is 8.29. The number of fused-ring (bicyclic) bond motifs is 1. The quantitative estimate of drug-likeness (QED) is 0.860. The molecule has 1 heterocycles. The smallest absolute Gasteiger partial charge is 0.255 e. The number of hydrogen-bond donors (Lipinski definition) is 2. The van der Waals surface area contributed by atoms with E-state index in [0.29, 0.717) is 53.8 Å². The third kappa shape index (κ3) is 3.88. The maximum absolute atomic E-state index is 12.6. The van der Waals surface area contributed by atoms with Crippen LogP contribution in [0.15, 0.2) is 36.4 Å². The van der Waals surface area contributed by atoms with Gasteiger partial charge in [0, 0.05) is 23.4 Å². The van der Waals surface area contributed by atoms with Crippen LogP contribution in [0.5, 0.6) is 17.2 Å². The number of rotatable bonds is 5. The lowest BCUT2D eigenvalue weighted by Gasteiger charge is -2.21. The Hall–Kier alpha value is -3.22. The van der Waals surface area contributed by atoms with Gasteiger partial charge in [-0.25, -0.2) is 0 Å². The molecule has 2 aromatic carbocycles. The standard InChI is InChI=1S/C19H20N2O5/c1-3-17(22)20-13-5-4-6-14(11-13)21-19(23)12-9-15(24-2)18-16(10-12)25-7-8-26-18/h4-6,9-11H,3,7-8H2,1-2H3,(H,20,22)(H,21,23). The van der Waals surface area contributed by atoms with Gasteiger partial charge >= 0.3 is 0 Å². The number of hydrogen-bond acceptors (Lipinski definition) is 5. The predicted octanol–water partition coefficient (Wildman–Crippen LogP) is 3.07. The van der Waals surface area contributed by atoms with E-state index in [1.165, 1.54) is 7.11 Å². The Morgan fingerprint density at radius 2 is 1.81 bits per heavy atom. The van der Waals surface area contributed by atoms with Crippen molar-refractivity contribution >= 4 is 23.2 Å². The third-order valence-corrected chi connectivity index (χ3v) is 3.82. The van der Waals surface area contributed by atoms with E-state index in [9.17, 15) is 9.59 Å². The molecule has 0 aliphatic carbocycles. The molecule has 0 saturated heterocycles. The van der Waals surface area contributed by atoms with Crippen molar-refractivity contribution < 1.29 is 23.8 Å². The van der Waals surface area contributed by atoms with Crippen LogP contribution in [0.1, 0.15) is 23.7 Å². The van der Waals surface area contributed by atoms with E-state index in [1.807, 2.05) is 0 Å². The zero-order valence-electron chi connectivity index (χ0n) is 14.6. The number of benzene rings is 2. The van der Waals surface area contributed by atoms with Gasteiger partial charge in [0.2, 0.25) is 11.7 Å². The summed E-state index contributed by atoms with van der Waals surface area (Å²) in [6.07, 6.45) is 0.383. The van der Waals surface area contributed by atoms with Gasteiger partial charge in [-0.05, 0) is 30.3 Å². The largest absolute Gasteiger partial charge is 0.493 e. The van der Waals surface area contributed by atoms with Crippen LogP contribution in [0, 0.1) is 0 Å². The van der Waals surface area contributed by atoms with Crippen molar-refractivity contribution in [2.24, 2.45) is 0 Å². The topological polar surface area (TPSA) is 85.9 Å². The summed E-state index contributed by atoms with van der Waals surface area (Å²) < 4.78 is 16.4. The molecule has 0 fully saturated rings. The van der Waals surface area contributed by atoms with E-state index in [0.717, 1.165) is 0 Å². The fraction of sp³-hybridized carbons (Fsp3) is 0.263. The fourth-order valence-corrected chi connectivity index (χ4v) is 2.53. The van der Waals surface area contributed by atoms with E-state index < -0.39 is 0 Å². The molecular formula is C19H20N2O5. The summed E-state index contributed by atoms with van der Waals surface area (Å²) in [5.74, 6) is 1.00. The van der Waals surface area contributed by atoms with Crippen LogP contribution in [0.3, 0.4) is 0 Å². The van der Waals surface area contributed by atoms with Crippen molar-refractivity contribution in [3.05, 3.63) is 42.0 Å². The Morgan fingerprint density at radius 1 is 1.08 bits per heavy atom. The van der Waals surface area contributed by atoms with Crippen LogP contribution in [0.4, 0.5) is 11.4 Å². The molecule has 0 radical (unpaired) electrons. The molecule has 7 heteroatoms. The Labute approximate surface area is 151 Å². The van der Waals surface area contributed by atoms with Crippen LogP contribution in [-0.4, -0.2) is 32.1 Å².